The van der Waals surface area contributed by atoms with Crippen molar-refractivity contribution in [3.05, 3.63) is 16.7 Å². The van der Waals surface area contributed by atoms with Crippen LogP contribution in [-0.2, 0) is 31.6 Å². The second-order valence-corrected chi connectivity index (χ2v) is 10.3. The van der Waals surface area contributed by atoms with Crippen LogP contribution >= 0.6 is 23.5 Å². The molecule has 1 aliphatic rings. The third-order valence-electron chi connectivity index (χ3n) is 3.77. The molecule has 3 rings (SSSR count). The number of nitrogens with two attached hydrogens (primary N) is 1. The van der Waals surface area contributed by atoms with Gasteiger partial charge in [-0.15, -0.1) is 0 Å². The van der Waals surface area contributed by atoms with Crippen molar-refractivity contribution in [2.75, 3.05) is 12.3 Å². The molecule has 0 radical (unpaired) electrons. The molecule has 1 aliphatic heterocycles. The van der Waals surface area contributed by atoms with Gasteiger partial charge in [-0.2, -0.15) is 4.98 Å². The molecule has 174 valence electrons. The Morgan fingerprint density at radius 1 is 1.27 bits per heavy atom. The van der Waals surface area contributed by atoms with E-state index in [9.17, 15) is 38.3 Å². The topological polar surface area (TPSA) is 287 Å². The second-order valence-electron chi connectivity index (χ2n) is 6.03. The van der Waals surface area contributed by atoms with Crippen LogP contribution in [0.4, 0.5) is 5.95 Å². The smallest absolute Gasteiger partial charge is 0.789 e. The Morgan fingerprint density at radius 3 is 2.52 bits per heavy atom. The van der Waals surface area contributed by atoms with Crippen molar-refractivity contribution in [3.8, 4) is 0 Å². The van der Waals surface area contributed by atoms with Crippen molar-refractivity contribution in [2.24, 2.45) is 0 Å². The number of ether oxygens (including phenoxy) is 1. The first-order valence-corrected chi connectivity index (χ1v) is 12.4. The first kappa shape index (κ1) is 30.7. The number of aliphatic hydroxyl groups excluding tert-OH is 1. The number of fused-ring (bicyclic) bond motifs is 1. The van der Waals surface area contributed by atoms with Crippen molar-refractivity contribution in [1.29, 1.82) is 0 Å². The number of hydrogen-bond acceptors (Lipinski definition) is 15. The van der Waals surface area contributed by atoms with Crippen molar-refractivity contribution in [2.45, 2.75) is 24.9 Å². The molecule has 0 spiro atoms. The molecule has 0 aliphatic carbocycles. The minimum atomic E-state index is -6.05. The van der Waals surface area contributed by atoms with E-state index < -0.39 is 54.1 Å². The summed E-state index contributed by atoms with van der Waals surface area (Å²) in [6, 6.07) is 0. The van der Waals surface area contributed by atoms with Crippen molar-refractivity contribution < 1.29 is 94.0 Å². The van der Waals surface area contributed by atoms with Gasteiger partial charge >= 0.3 is 45.5 Å². The number of aliphatic hydroxyl groups is 1. The van der Waals surface area contributed by atoms with Gasteiger partial charge in [0.15, 0.2) is 11.2 Å². The van der Waals surface area contributed by atoms with Crippen LogP contribution in [0.15, 0.2) is 11.1 Å². The molecule has 2 aromatic heterocycles. The number of phosphoric acid groups is 3. The molecule has 3 heterocycles. The minimum Gasteiger partial charge on any atom is -0.789 e. The predicted molar refractivity (Wildman–Crippen MR) is 90.3 cm³/mol. The normalized spacial score (nSPS) is 24.5. The number of aromatic amines is 1. The van der Waals surface area contributed by atoms with Crippen molar-refractivity contribution in [3.63, 3.8) is 0 Å². The predicted octanol–water partition coefficient (Wildman–Crippen LogP) is -9.19. The number of nitrogens with one attached hydrogen (secondary N) is 1. The maximum atomic E-state index is 11.8. The van der Waals surface area contributed by atoms with Gasteiger partial charge in [-0.1, -0.05) is 0 Å². The van der Waals surface area contributed by atoms with Gasteiger partial charge in [0.25, 0.3) is 13.4 Å². The van der Waals surface area contributed by atoms with Crippen LogP contribution in [-0.4, -0.2) is 48.3 Å². The fourth-order valence-electron chi connectivity index (χ4n) is 2.65. The maximum Gasteiger partial charge on any atom is 1.00 e. The number of hydrogen-bond donors (Lipinski definition) is 4. The first-order chi connectivity index (χ1) is 14.2. The summed E-state index contributed by atoms with van der Waals surface area (Å²) in [5.74, 6) is -0.210. The van der Waals surface area contributed by atoms with Gasteiger partial charge in [0.05, 0.1) is 26.9 Å². The molecule has 1 fully saturated rings. The molecule has 23 heteroatoms. The fraction of sp³-hybridized carbons (Fsp3) is 0.500. The van der Waals surface area contributed by atoms with Crippen LogP contribution in [0.25, 0.3) is 11.2 Å². The third-order valence-corrected chi connectivity index (χ3v) is 7.48. The van der Waals surface area contributed by atoms with Crippen LogP contribution in [0.2, 0.25) is 0 Å². The molecule has 33 heavy (non-hydrogen) atoms. The zero-order chi connectivity index (χ0) is 23.2. The average molecular weight is 518 g/mol. The molecule has 0 amide bonds. The van der Waals surface area contributed by atoms with Crippen molar-refractivity contribution >= 4 is 40.6 Å². The van der Waals surface area contributed by atoms with Gasteiger partial charge in [-0.05, 0) is 0 Å². The van der Waals surface area contributed by atoms with Crippen molar-refractivity contribution in [1.82, 2.24) is 19.5 Å². The Balaban J connectivity index is 0.00000272. The van der Waals surface area contributed by atoms with E-state index in [4.69, 9.17) is 15.4 Å². The van der Waals surface area contributed by atoms with Gasteiger partial charge in [-0.25, -0.2) is 13.9 Å². The number of nitrogen functional groups attached to an aromatic ring is 1. The molecular formula is C10H13Li2N5O13P3-. The molecule has 0 saturated carbocycles. The van der Waals surface area contributed by atoms with Gasteiger partial charge in [0, 0.05) is 6.42 Å². The molecule has 0 bridgehead atoms. The molecule has 5 atom stereocenters. The van der Waals surface area contributed by atoms with Gasteiger partial charge in [-0.3, -0.25) is 23.2 Å². The number of rotatable bonds is 8. The van der Waals surface area contributed by atoms with Gasteiger partial charge in [0.2, 0.25) is 5.95 Å². The van der Waals surface area contributed by atoms with Gasteiger partial charge < -0.3 is 44.2 Å². The van der Waals surface area contributed by atoms with E-state index in [0.29, 0.717) is 0 Å². The maximum absolute atomic E-state index is 11.8. The summed E-state index contributed by atoms with van der Waals surface area (Å²) in [6.45, 7) is -0.937. The molecule has 18 nitrogen and oxygen atoms in total. The van der Waals surface area contributed by atoms with E-state index in [1.807, 2.05) is 0 Å². The quantitative estimate of drug-likeness (QED) is 0.186. The Morgan fingerprint density at radius 2 is 1.91 bits per heavy atom. The zero-order valence-electron chi connectivity index (χ0n) is 16.9. The van der Waals surface area contributed by atoms with Crippen LogP contribution < -0.4 is 63.7 Å². The Hall–Kier alpha value is -0.325. The Bertz CT molecular complexity index is 1190. The molecular weight excluding hydrogens is 505 g/mol. The summed E-state index contributed by atoms with van der Waals surface area (Å²) in [7, 11) is -17.6. The van der Waals surface area contributed by atoms with Gasteiger partial charge in [0.1, 0.15) is 12.3 Å². The number of phosphoric ester groups is 1. The molecule has 2 aromatic rings. The van der Waals surface area contributed by atoms with Crippen LogP contribution in [0.1, 0.15) is 12.6 Å². The monoisotopic (exact) mass is 518 g/mol. The Kier molecular flexibility index (Phi) is 10.4. The van der Waals surface area contributed by atoms with Crippen LogP contribution in [0.3, 0.4) is 0 Å². The van der Waals surface area contributed by atoms with Crippen LogP contribution in [0, 0.1) is 0 Å². The van der Waals surface area contributed by atoms with E-state index in [-0.39, 0.29) is 61.3 Å². The summed E-state index contributed by atoms with van der Waals surface area (Å²) in [6.07, 6.45) is -2.57. The summed E-state index contributed by atoms with van der Waals surface area (Å²) < 4.78 is 50.9. The average Bonchev–Trinajstić information content (AvgIpc) is 3.13. The molecule has 2 unspecified atom stereocenters. The number of nitrogens with zero attached hydrogens (tertiary/aromatic N) is 3. The number of H-pyrrole nitrogens is 1. The number of imidazole rings is 1. The molecule has 0 aromatic carbocycles. The Labute approximate surface area is 207 Å². The minimum absolute atomic E-state index is 0. The fourth-order valence-corrected chi connectivity index (χ4v) is 5.57. The van der Waals surface area contributed by atoms with E-state index in [2.05, 4.69) is 28.1 Å². The SMILES string of the molecule is Nc1nc2c(ncn2[C@H]2C[C@H](O)[C@@H](COP(=O)([O-])OP(=O)(O)OP(=O)([O-])[O-])O2)c(=O)[nH]1.[Li+].[Li+]. The second kappa shape index (κ2) is 11.2. The molecule has 1 saturated heterocycles. The number of anilines is 1. The standard InChI is InChI=1S/C10H16N5O13P3.2Li/c11-10-13-8-7(9(17)14-10)12-3-15(8)6-1-4(16)5(26-6)2-25-30(21,22)28-31(23,24)27-29(18,19)20;;/h3-6,16H,1-2H2,(H,21,22)(H,23,24)(H2,18,19,20)(H3,11,13,14,17);;/q;2*+1/p-3/t4-,5+,6+;;/m0../s1. The first-order valence-electron chi connectivity index (χ1n) is 7.95. The number of aromatic nitrogens is 4. The summed E-state index contributed by atoms with van der Waals surface area (Å²) >= 11 is 0. The van der Waals surface area contributed by atoms with E-state index in [1.54, 1.807) is 0 Å². The largest absolute Gasteiger partial charge is 1.00 e. The van der Waals surface area contributed by atoms with Crippen LogP contribution in [0.5, 0.6) is 0 Å². The summed E-state index contributed by atoms with van der Waals surface area (Å²) in [5, 5.41) is 10.1. The summed E-state index contributed by atoms with van der Waals surface area (Å²) in [4.78, 5) is 63.1. The third kappa shape index (κ3) is 8.10. The summed E-state index contributed by atoms with van der Waals surface area (Å²) in [5.41, 5.74) is 4.81. The zero-order valence-corrected chi connectivity index (χ0v) is 19.6. The molecule has 5 N–H and O–H groups in total. The van der Waals surface area contributed by atoms with E-state index in [1.165, 1.54) is 10.9 Å². The van der Waals surface area contributed by atoms with E-state index >= 15 is 0 Å². The van der Waals surface area contributed by atoms with E-state index in [0.717, 1.165) is 0 Å².